The van der Waals surface area contributed by atoms with Gasteiger partial charge in [0.1, 0.15) is 11.6 Å². The second-order valence-corrected chi connectivity index (χ2v) is 5.46. The Labute approximate surface area is 102 Å². The van der Waals surface area contributed by atoms with Gasteiger partial charge in [-0.1, -0.05) is 20.8 Å². The maximum absolute atomic E-state index is 13.3. The molecule has 4 heteroatoms. The fourth-order valence-electron chi connectivity index (χ4n) is 1.49. The number of nitrogens with one attached hydrogen (secondary N) is 1. The summed E-state index contributed by atoms with van der Waals surface area (Å²) in [4.78, 5) is 7.69. The minimum Gasteiger partial charge on any atom is -0.341 e. The fraction of sp³-hybridized carbons (Fsp3) is 0.417. The standard InChI is InChI=1S/C12H14BrFN2/c1-4-12(2,3)11-15-9-5-7(13)8(14)6-10(9)16-11/h5-6H,4H2,1-3H3,(H,15,16). The molecule has 0 spiro atoms. The molecule has 2 nitrogen and oxygen atoms in total. The van der Waals surface area contributed by atoms with E-state index < -0.39 is 0 Å². The smallest absolute Gasteiger partial charge is 0.139 e. The Morgan fingerprint density at radius 2 is 2.12 bits per heavy atom. The van der Waals surface area contributed by atoms with Crippen LogP contribution in [0, 0.1) is 5.82 Å². The molecule has 1 N–H and O–H groups in total. The Balaban J connectivity index is 2.61. The predicted octanol–water partition coefficient (Wildman–Crippen LogP) is 4.15. The van der Waals surface area contributed by atoms with Crippen LogP contribution in [0.2, 0.25) is 0 Å². The van der Waals surface area contributed by atoms with E-state index in [0.717, 1.165) is 23.3 Å². The number of aromatic nitrogens is 2. The third kappa shape index (κ3) is 1.86. The molecule has 1 aromatic heterocycles. The Hall–Kier alpha value is -0.900. The normalized spacial score (nSPS) is 12.3. The molecule has 16 heavy (non-hydrogen) atoms. The fourth-order valence-corrected chi connectivity index (χ4v) is 1.82. The maximum Gasteiger partial charge on any atom is 0.139 e. The predicted molar refractivity (Wildman–Crippen MR) is 67.1 cm³/mol. The summed E-state index contributed by atoms with van der Waals surface area (Å²) in [5.41, 5.74) is 1.53. The molecule has 0 aliphatic heterocycles. The highest BCUT2D eigenvalue weighted by Gasteiger charge is 2.22. The van der Waals surface area contributed by atoms with E-state index in [0.29, 0.717) is 4.47 Å². The van der Waals surface area contributed by atoms with Crippen LogP contribution in [0.15, 0.2) is 16.6 Å². The van der Waals surface area contributed by atoms with Gasteiger partial charge in [0.15, 0.2) is 0 Å². The lowest BCUT2D eigenvalue weighted by Crippen LogP contribution is -2.17. The second kappa shape index (κ2) is 3.84. The zero-order valence-corrected chi connectivity index (χ0v) is 11.2. The van der Waals surface area contributed by atoms with Gasteiger partial charge in [0.25, 0.3) is 0 Å². The minimum absolute atomic E-state index is 0.0119. The molecule has 0 aliphatic rings. The third-order valence-corrected chi connectivity index (χ3v) is 3.66. The van der Waals surface area contributed by atoms with Crippen molar-refractivity contribution >= 4 is 27.0 Å². The van der Waals surface area contributed by atoms with Crippen molar-refractivity contribution in [2.24, 2.45) is 0 Å². The maximum atomic E-state index is 13.3. The molecule has 0 saturated carbocycles. The molecule has 0 aliphatic carbocycles. The first-order chi connectivity index (χ1) is 7.44. The lowest BCUT2D eigenvalue weighted by Gasteiger charge is -2.18. The highest BCUT2D eigenvalue weighted by molar-refractivity contribution is 9.10. The van der Waals surface area contributed by atoms with Crippen molar-refractivity contribution in [1.29, 1.82) is 0 Å². The van der Waals surface area contributed by atoms with Crippen LogP contribution >= 0.6 is 15.9 Å². The van der Waals surface area contributed by atoms with Crippen LogP contribution in [0.25, 0.3) is 11.0 Å². The first kappa shape index (κ1) is 11.6. The van der Waals surface area contributed by atoms with Crippen LogP contribution in [0.3, 0.4) is 0 Å². The largest absolute Gasteiger partial charge is 0.341 e. The molecular weight excluding hydrogens is 271 g/mol. The summed E-state index contributed by atoms with van der Waals surface area (Å²) >= 11 is 3.16. The SMILES string of the molecule is CCC(C)(C)c1nc2cc(Br)c(F)cc2[nH]1. The topological polar surface area (TPSA) is 28.7 Å². The van der Waals surface area contributed by atoms with Gasteiger partial charge in [-0.15, -0.1) is 0 Å². The third-order valence-electron chi connectivity index (χ3n) is 3.05. The highest BCUT2D eigenvalue weighted by atomic mass is 79.9. The summed E-state index contributed by atoms with van der Waals surface area (Å²) in [5, 5.41) is 0. The van der Waals surface area contributed by atoms with Crippen LogP contribution in [-0.4, -0.2) is 9.97 Å². The summed E-state index contributed by atoms with van der Waals surface area (Å²) in [6, 6.07) is 3.18. The number of aromatic amines is 1. The molecule has 0 atom stereocenters. The van der Waals surface area contributed by atoms with E-state index >= 15 is 0 Å². The molecule has 0 amide bonds. The van der Waals surface area contributed by atoms with E-state index in [4.69, 9.17) is 0 Å². The molecule has 0 radical (unpaired) electrons. The van der Waals surface area contributed by atoms with E-state index in [2.05, 4.69) is 46.7 Å². The second-order valence-electron chi connectivity index (χ2n) is 4.61. The van der Waals surface area contributed by atoms with Crippen LogP contribution in [0.5, 0.6) is 0 Å². The number of hydrogen-bond acceptors (Lipinski definition) is 1. The van der Waals surface area contributed by atoms with Crippen molar-refractivity contribution in [2.75, 3.05) is 0 Å². The van der Waals surface area contributed by atoms with Crippen LogP contribution in [0.4, 0.5) is 4.39 Å². The van der Waals surface area contributed by atoms with Crippen molar-refractivity contribution in [1.82, 2.24) is 9.97 Å². The first-order valence-corrected chi connectivity index (χ1v) is 6.08. The van der Waals surface area contributed by atoms with Crippen molar-refractivity contribution < 1.29 is 4.39 Å². The Morgan fingerprint density at radius 3 is 2.75 bits per heavy atom. The molecule has 86 valence electrons. The average molecular weight is 285 g/mol. The van der Waals surface area contributed by atoms with Crippen LogP contribution in [0.1, 0.15) is 33.0 Å². The molecule has 0 saturated heterocycles. The van der Waals surface area contributed by atoms with Crippen molar-refractivity contribution in [3.05, 3.63) is 28.2 Å². The van der Waals surface area contributed by atoms with Gasteiger partial charge in [-0.25, -0.2) is 9.37 Å². The van der Waals surface area contributed by atoms with E-state index in [1.165, 1.54) is 6.07 Å². The van der Waals surface area contributed by atoms with E-state index in [-0.39, 0.29) is 11.2 Å². The van der Waals surface area contributed by atoms with Crippen molar-refractivity contribution in [3.8, 4) is 0 Å². The van der Waals surface area contributed by atoms with E-state index in [1.54, 1.807) is 6.07 Å². The van der Waals surface area contributed by atoms with Gasteiger partial charge in [0.05, 0.1) is 15.5 Å². The zero-order chi connectivity index (χ0) is 11.9. The first-order valence-electron chi connectivity index (χ1n) is 5.29. The molecule has 1 aromatic carbocycles. The van der Waals surface area contributed by atoms with Crippen LogP contribution in [-0.2, 0) is 5.41 Å². The van der Waals surface area contributed by atoms with Gasteiger partial charge in [-0.2, -0.15) is 0 Å². The zero-order valence-electron chi connectivity index (χ0n) is 9.56. The lowest BCUT2D eigenvalue weighted by atomic mass is 9.90. The van der Waals surface area contributed by atoms with E-state index in [1.807, 2.05) is 0 Å². The number of rotatable bonds is 2. The number of hydrogen-bond donors (Lipinski definition) is 1. The Morgan fingerprint density at radius 1 is 1.44 bits per heavy atom. The van der Waals surface area contributed by atoms with Gasteiger partial charge >= 0.3 is 0 Å². The number of fused-ring (bicyclic) bond motifs is 1. The molecule has 2 aromatic rings. The Kier molecular flexibility index (Phi) is 2.78. The number of imidazole rings is 1. The van der Waals surface area contributed by atoms with Gasteiger partial charge in [-0.3, -0.25) is 0 Å². The van der Waals surface area contributed by atoms with Gasteiger partial charge in [-0.05, 0) is 28.4 Å². The number of nitrogens with zero attached hydrogens (tertiary/aromatic N) is 1. The van der Waals surface area contributed by atoms with E-state index in [9.17, 15) is 4.39 Å². The van der Waals surface area contributed by atoms with Crippen molar-refractivity contribution in [3.63, 3.8) is 0 Å². The summed E-state index contributed by atoms with van der Waals surface area (Å²) in [6.45, 7) is 6.36. The van der Waals surface area contributed by atoms with Gasteiger partial charge in [0, 0.05) is 11.5 Å². The lowest BCUT2D eigenvalue weighted by molar-refractivity contribution is 0.479. The summed E-state index contributed by atoms with van der Waals surface area (Å²) < 4.78 is 13.8. The highest BCUT2D eigenvalue weighted by Crippen LogP contribution is 2.28. The Bertz CT molecular complexity index is 492. The quantitative estimate of drug-likeness (QED) is 0.882. The summed E-state index contributed by atoms with van der Waals surface area (Å²) in [6.07, 6.45) is 0.983. The van der Waals surface area contributed by atoms with Gasteiger partial charge < -0.3 is 4.98 Å². The minimum atomic E-state index is -0.267. The van der Waals surface area contributed by atoms with Crippen LogP contribution < -0.4 is 0 Å². The molecule has 0 bridgehead atoms. The average Bonchev–Trinajstić information content (AvgIpc) is 2.62. The molecular formula is C12H14BrFN2. The molecule has 0 unspecified atom stereocenters. The van der Waals surface area contributed by atoms with Gasteiger partial charge in [0.2, 0.25) is 0 Å². The number of halogens is 2. The monoisotopic (exact) mass is 284 g/mol. The summed E-state index contributed by atoms with van der Waals surface area (Å²) in [5.74, 6) is 0.638. The number of benzene rings is 1. The molecule has 1 heterocycles. The number of H-pyrrole nitrogens is 1. The molecule has 2 rings (SSSR count). The summed E-state index contributed by atoms with van der Waals surface area (Å²) in [7, 11) is 0. The van der Waals surface area contributed by atoms with Crippen molar-refractivity contribution in [2.45, 2.75) is 32.6 Å². The molecule has 0 fully saturated rings.